The average Bonchev–Trinajstić information content (AvgIpc) is 3.30. The van der Waals surface area contributed by atoms with Gasteiger partial charge in [0.05, 0.1) is 24.6 Å². The van der Waals surface area contributed by atoms with Crippen LogP contribution in [0.4, 0.5) is 0 Å². The Morgan fingerprint density at radius 3 is 2.69 bits per heavy atom. The summed E-state index contributed by atoms with van der Waals surface area (Å²) < 4.78 is 6.54. The van der Waals surface area contributed by atoms with Gasteiger partial charge >= 0.3 is 5.97 Å². The molecule has 0 aliphatic heterocycles. The summed E-state index contributed by atoms with van der Waals surface area (Å²) in [6.07, 6.45) is 3.38. The molecule has 0 radical (unpaired) electrons. The van der Waals surface area contributed by atoms with Crippen LogP contribution >= 0.6 is 0 Å². The Morgan fingerprint density at radius 1 is 1.27 bits per heavy atom. The Labute approximate surface area is 149 Å². The molecule has 132 valence electrons. The Kier molecular flexibility index (Phi) is 4.93. The number of methoxy groups -OCH3 is 1. The Balaban J connectivity index is 1.62. The lowest BCUT2D eigenvalue weighted by atomic mass is 10.1. The van der Waals surface area contributed by atoms with Crippen LogP contribution in [0.2, 0.25) is 0 Å². The van der Waals surface area contributed by atoms with Crippen molar-refractivity contribution in [1.29, 1.82) is 0 Å². The van der Waals surface area contributed by atoms with E-state index in [9.17, 15) is 9.59 Å². The molecule has 2 N–H and O–H groups in total. The highest BCUT2D eigenvalue weighted by molar-refractivity contribution is 5.94. The molecule has 0 unspecified atom stereocenters. The van der Waals surface area contributed by atoms with Crippen molar-refractivity contribution in [3.8, 4) is 11.4 Å². The van der Waals surface area contributed by atoms with Crippen LogP contribution in [0.3, 0.4) is 0 Å². The topological polar surface area (TPSA) is 101 Å². The number of benzene rings is 1. The first-order valence-corrected chi connectivity index (χ1v) is 7.77. The van der Waals surface area contributed by atoms with Gasteiger partial charge in [0.1, 0.15) is 11.4 Å². The number of hydrogen-bond acceptors (Lipinski definition) is 5. The molecule has 2 heterocycles. The van der Waals surface area contributed by atoms with E-state index in [0.29, 0.717) is 17.0 Å². The van der Waals surface area contributed by atoms with Crippen molar-refractivity contribution >= 4 is 18.1 Å². The highest BCUT2D eigenvalue weighted by atomic mass is 16.5. The lowest BCUT2D eigenvalue weighted by molar-refractivity contribution is 0.0600. The van der Waals surface area contributed by atoms with Gasteiger partial charge < -0.3 is 9.30 Å². The van der Waals surface area contributed by atoms with Crippen molar-refractivity contribution in [3.05, 3.63) is 65.5 Å². The molecule has 0 aliphatic carbocycles. The first-order valence-electron chi connectivity index (χ1n) is 7.77. The van der Waals surface area contributed by atoms with Gasteiger partial charge in [0.25, 0.3) is 5.91 Å². The lowest BCUT2D eigenvalue weighted by Crippen LogP contribution is -2.18. The number of aromatic nitrogens is 3. The van der Waals surface area contributed by atoms with E-state index in [4.69, 9.17) is 0 Å². The second kappa shape index (κ2) is 7.47. The number of carbonyl (C=O) groups is 2. The summed E-state index contributed by atoms with van der Waals surface area (Å²) in [4.78, 5) is 23.5. The average molecular weight is 351 g/mol. The van der Waals surface area contributed by atoms with Crippen LogP contribution in [0, 0.1) is 0 Å². The number of H-pyrrole nitrogens is 1. The van der Waals surface area contributed by atoms with Gasteiger partial charge in [0.15, 0.2) is 0 Å². The van der Waals surface area contributed by atoms with E-state index in [1.165, 1.54) is 13.3 Å². The third-order valence-electron chi connectivity index (χ3n) is 3.74. The maximum absolute atomic E-state index is 12.1. The second-order valence-corrected chi connectivity index (χ2v) is 5.48. The van der Waals surface area contributed by atoms with Gasteiger partial charge in [0.2, 0.25) is 0 Å². The Bertz CT molecular complexity index is 953. The molecule has 8 nitrogen and oxygen atoms in total. The third-order valence-corrected chi connectivity index (χ3v) is 3.74. The molecule has 0 aliphatic rings. The van der Waals surface area contributed by atoms with E-state index in [1.807, 2.05) is 29.9 Å². The quantitative estimate of drug-likeness (QED) is 0.417. The molecule has 8 heteroatoms. The molecule has 0 spiro atoms. The van der Waals surface area contributed by atoms with E-state index < -0.39 is 11.9 Å². The second-order valence-electron chi connectivity index (χ2n) is 5.48. The lowest BCUT2D eigenvalue weighted by Gasteiger charge is -1.99. The van der Waals surface area contributed by atoms with Crippen molar-refractivity contribution in [3.63, 3.8) is 0 Å². The van der Waals surface area contributed by atoms with Crippen molar-refractivity contribution in [2.75, 3.05) is 7.11 Å². The number of ether oxygens (including phenoxy) is 1. The maximum Gasteiger partial charge on any atom is 0.337 e. The number of hydrazone groups is 1. The summed E-state index contributed by atoms with van der Waals surface area (Å²) >= 11 is 0. The van der Waals surface area contributed by atoms with Crippen molar-refractivity contribution in [2.45, 2.75) is 0 Å². The van der Waals surface area contributed by atoms with Crippen molar-refractivity contribution < 1.29 is 14.3 Å². The van der Waals surface area contributed by atoms with E-state index in [2.05, 4.69) is 25.5 Å². The number of esters is 1. The molecule has 3 aromatic rings. The molecule has 26 heavy (non-hydrogen) atoms. The molecule has 3 rings (SSSR count). The van der Waals surface area contributed by atoms with Gasteiger partial charge in [-0.05, 0) is 35.9 Å². The van der Waals surface area contributed by atoms with Gasteiger partial charge in [-0.1, -0.05) is 12.1 Å². The molecular weight excluding hydrogens is 334 g/mol. The molecule has 2 aromatic heterocycles. The zero-order chi connectivity index (χ0) is 18.5. The van der Waals surface area contributed by atoms with Gasteiger partial charge in [-0.2, -0.15) is 10.2 Å². The van der Waals surface area contributed by atoms with Crippen LogP contribution in [0.1, 0.15) is 26.4 Å². The normalized spacial score (nSPS) is 10.8. The fourth-order valence-corrected chi connectivity index (χ4v) is 2.35. The summed E-state index contributed by atoms with van der Waals surface area (Å²) in [5, 5.41) is 10.7. The predicted molar refractivity (Wildman–Crippen MR) is 95.8 cm³/mol. The number of aromatic amines is 1. The number of nitrogens with zero attached hydrogens (tertiary/aromatic N) is 3. The number of rotatable bonds is 5. The van der Waals surface area contributed by atoms with Crippen LogP contribution in [0.15, 0.2) is 53.8 Å². The minimum atomic E-state index is -0.407. The van der Waals surface area contributed by atoms with Crippen molar-refractivity contribution in [2.24, 2.45) is 12.1 Å². The zero-order valence-electron chi connectivity index (χ0n) is 14.3. The minimum absolute atomic E-state index is 0.305. The molecular formula is C18H17N5O3. The van der Waals surface area contributed by atoms with Crippen LogP contribution in [0.5, 0.6) is 0 Å². The fourth-order valence-electron chi connectivity index (χ4n) is 2.35. The van der Waals surface area contributed by atoms with E-state index >= 15 is 0 Å². The number of nitrogens with one attached hydrogen (secondary N) is 2. The summed E-state index contributed by atoms with van der Waals surface area (Å²) in [7, 11) is 3.23. The Morgan fingerprint density at radius 2 is 2.04 bits per heavy atom. The predicted octanol–water partition coefficient (Wildman–Crippen LogP) is 1.97. The number of carbonyl (C=O) groups excluding carboxylic acids is 2. The monoisotopic (exact) mass is 351 g/mol. The molecule has 1 aromatic carbocycles. The van der Waals surface area contributed by atoms with E-state index in [-0.39, 0.29) is 0 Å². The molecule has 0 bridgehead atoms. The third kappa shape index (κ3) is 3.69. The molecule has 0 atom stereocenters. The smallest absolute Gasteiger partial charge is 0.337 e. The van der Waals surface area contributed by atoms with Crippen LogP contribution < -0.4 is 5.43 Å². The number of hydrogen-bond donors (Lipinski definition) is 2. The maximum atomic E-state index is 12.1. The van der Waals surface area contributed by atoms with E-state index in [1.54, 1.807) is 30.3 Å². The zero-order valence-corrected chi connectivity index (χ0v) is 14.3. The summed E-state index contributed by atoms with van der Waals surface area (Å²) in [5.41, 5.74) is 5.48. The van der Waals surface area contributed by atoms with Crippen LogP contribution in [0.25, 0.3) is 11.4 Å². The van der Waals surface area contributed by atoms with Gasteiger partial charge in [-0.15, -0.1) is 0 Å². The van der Waals surface area contributed by atoms with Crippen LogP contribution in [-0.4, -0.2) is 40.0 Å². The minimum Gasteiger partial charge on any atom is -0.465 e. The first kappa shape index (κ1) is 17.2. The van der Waals surface area contributed by atoms with Gasteiger partial charge in [0, 0.05) is 13.2 Å². The highest BCUT2D eigenvalue weighted by Crippen LogP contribution is 2.17. The molecule has 0 saturated heterocycles. The highest BCUT2D eigenvalue weighted by Gasteiger charge is 2.11. The summed E-state index contributed by atoms with van der Waals surface area (Å²) in [6, 6.07) is 12.1. The standard InChI is InChI=1S/C18H17N5O3/c1-23-9-3-4-16(23)14-10-15(21-20-14)17(24)22-19-11-12-5-7-13(8-6-12)18(25)26-2/h3-11H,1-2H3,(H,20,21)(H,22,24)/b19-11+. The Hall–Kier alpha value is -3.68. The summed E-state index contributed by atoms with van der Waals surface area (Å²) in [6.45, 7) is 0. The van der Waals surface area contributed by atoms with Crippen LogP contribution in [-0.2, 0) is 11.8 Å². The number of aryl methyl sites for hydroxylation is 1. The van der Waals surface area contributed by atoms with E-state index in [0.717, 1.165) is 11.3 Å². The summed E-state index contributed by atoms with van der Waals surface area (Å²) in [5.74, 6) is -0.810. The molecule has 1 amide bonds. The van der Waals surface area contributed by atoms with Crippen molar-refractivity contribution in [1.82, 2.24) is 20.2 Å². The largest absolute Gasteiger partial charge is 0.465 e. The fraction of sp³-hybridized carbons (Fsp3) is 0.111. The van der Waals surface area contributed by atoms with Gasteiger partial charge in [-0.25, -0.2) is 10.2 Å². The number of amides is 1. The SMILES string of the molecule is COC(=O)c1ccc(/C=N/NC(=O)c2cc(-c3cccn3C)n[nH]2)cc1. The van der Waals surface area contributed by atoms with Gasteiger partial charge in [-0.3, -0.25) is 9.89 Å². The molecule has 0 saturated carbocycles. The molecule has 0 fully saturated rings. The first-order chi connectivity index (χ1) is 12.6.